The number of para-hydroxylation sites is 1. The molecular weight excluding hydrogens is 210 g/mol. The van der Waals surface area contributed by atoms with Crippen molar-refractivity contribution in [2.45, 2.75) is 18.3 Å². The first kappa shape index (κ1) is 12.2. The van der Waals surface area contributed by atoms with E-state index >= 15 is 0 Å². The Kier molecular flexibility index (Phi) is 3.53. The number of rotatable bonds is 0. The molecule has 0 aliphatic carbocycles. The van der Waals surface area contributed by atoms with Crippen LogP contribution in [0.3, 0.4) is 0 Å². The molecule has 92 valence electrons. The molecule has 0 saturated carbocycles. The molecule has 2 heterocycles. The van der Waals surface area contributed by atoms with Gasteiger partial charge in [0.2, 0.25) is 0 Å². The number of benzene rings is 1. The molecule has 2 aliphatic heterocycles. The third kappa shape index (κ3) is 2.09. The van der Waals surface area contributed by atoms with Crippen LogP contribution >= 0.6 is 0 Å². The minimum Gasteiger partial charge on any atom is -0.492 e. The molecule has 1 spiro atoms. The standard InChI is InChI=1S/C13H17NO.C2H4/c1-14-8-6-13(7-9-14)10-15-12-5-3-2-4-11(12)13;1-2/h2-5H,6-10H2,1H3;1-2H2. The summed E-state index contributed by atoms with van der Waals surface area (Å²) < 4.78 is 5.81. The average molecular weight is 231 g/mol. The fourth-order valence-electron chi connectivity index (χ4n) is 2.78. The molecule has 0 aromatic heterocycles. The molecule has 1 aromatic rings. The zero-order chi connectivity index (χ0) is 12.3. The van der Waals surface area contributed by atoms with Crippen LogP contribution in [0.25, 0.3) is 0 Å². The van der Waals surface area contributed by atoms with Crippen molar-refractivity contribution in [3.63, 3.8) is 0 Å². The quantitative estimate of drug-likeness (QED) is 0.637. The Balaban J connectivity index is 0.000000514. The Morgan fingerprint density at radius 3 is 2.53 bits per heavy atom. The van der Waals surface area contributed by atoms with E-state index in [4.69, 9.17) is 4.74 Å². The molecule has 0 bridgehead atoms. The Labute approximate surface area is 104 Å². The van der Waals surface area contributed by atoms with Gasteiger partial charge in [-0.25, -0.2) is 0 Å². The molecule has 2 nitrogen and oxygen atoms in total. The fourth-order valence-corrected chi connectivity index (χ4v) is 2.78. The monoisotopic (exact) mass is 231 g/mol. The molecule has 3 rings (SSSR count). The lowest BCUT2D eigenvalue weighted by Crippen LogP contribution is -2.41. The molecule has 0 N–H and O–H groups in total. The first-order valence-corrected chi connectivity index (χ1v) is 6.21. The largest absolute Gasteiger partial charge is 0.492 e. The highest BCUT2D eigenvalue weighted by Gasteiger charge is 2.42. The molecule has 0 radical (unpaired) electrons. The summed E-state index contributed by atoms with van der Waals surface area (Å²) in [5.41, 5.74) is 1.77. The number of nitrogens with zero attached hydrogens (tertiary/aromatic N) is 1. The van der Waals surface area contributed by atoms with E-state index in [9.17, 15) is 0 Å². The molecule has 1 aromatic carbocycles. The van der Waals surface area contributed by atoms with Gasteiger partial charge in [0.15, 0.2) is 0 Å². The van der Waals surface area contributed by atoms with Gasteiger partial charge < -0.3 is 9.64 Å². The van der Waals surface area contributed by atoms with Gasteiger partial charge in [0.05, 0.1) is 6.61 Å². The average Bonchev–Trinajstić information content (AvgIpc) is 2.76. The van der Waals surface area contributed by atoms with Crippen LogP contribution in [-0.2, 0) is 5.41 Å². The van der Waals surface area contributed by atoms with Gasteiger partial charge >= 0.3 is 0 Å². The minimum atomic E-state index is 0.323. The summed E-state index contributed by atoms with van der Waals surface area (Å²) in [5.74, 6) is 1.11. The highest BCUT2D eigenvalue weighted by atomic mass is 16.5. The number of hydrogen-bond acceptors (Lipinski definition) is 2. The molecule has 1 saturated heterocycles. The third-order valence-electron chi connectivity index (χ3n) is 3.91. The number of fused-ring (bicyclic) bond motifs is 2. The summed E-state index contributed by atoms with van der Waals surface area (Å²) in [6.07, 6.45) is 2.47. The second-order valence-corrected chi connectivity index (χ2v) is 4.87. The summed E-state index contributed by atoms with van der Waals surface area (Å²) in [7, 11) is 2.20. The van der Waals surface area contributed by atoms with E-state index in [1.165, 1.54) is 31.5 Å². The van der Waals surface area contributed by atoms with Crippen LogP contribution in [0, 0.1) is 0 Å². The van der Waals surface area contributed by atoms with Crippen molar-refractivity contribution in [3.05, 3.63) is 43.0 Å². The fraction of sp³-hybridized carbons (Fsp3) is 0.467. The predicted octanol–water partition coefficient (Wildman–Crippen LogP) is 2.84. The molecule has 2 heteroatoms. The smallest absolute Gasteiger partial charge is 0.123 e. The zero-order valence-electron chi connectivity index (χ0n) is 10.6. The molecule has 0 atom stereocenters. The molecule has 0 unspecified atom stereocenters. The van der Waals surface area contributed by atoms with Gasteiger partial charge in [-0.2, -0.15) is 0 Å². The highest BCUT2D eigenvalue weighted by molar-refractivity contribution is 5.43. The van der Waals surface area contributed by atoms with Gasteiger partial charge in [0, 0.05) is 11.0 Å². The normalized spacial score (nSPS) is 21.2. The van der Waals surface area contributed by atoms with Crippen molar-refractivity contribution in [2.75, 3.05) is 26.7 Å². The van der Waals surface area contributed by atoms with E-state index in [2.05, 4.69) is 49.4 Å². The van der Waals surface area contributed by atoms with E-state index in [1.54, 1.807) is 0 Å². The molecule has 0 amide bonds. The van der Waals surface area contributed by atoms with Crippen LogP contribution in [0.15, 0.2) is 37.4 Å². The van der Waals surface area contributed by atoms with Crippen molar-refractivity contribution in [3.8, 4) is 5.75 Å². The van der Waals surface area contributed by atoms with Crippen molar-refractivity contribution < 1.29 is 4.74 Å². The maximum Gasteiger partial charge on any atom is 0.123 e. The summed E-state index contributed by atoms with van der Waals surface area (Å²) in [4.78, 5) is 2.41. The Bertz CT molecular complexity index is 380. The maximum absolute atomic E-state index is 5.81. The van der Waals surface area contributed by atoms with Gasteiger partial charge in [0.1, 0.15) is 5.75 Å². The summed E-state index contributed by atoms with van der Waals surface area (Å²) in [5, 5.41) is 0. The first-order chi connectivity index (χ1) is 8.30. The van der Waals surface area contributed by atoms with Crippen LogP contribution in [-0.4, -0.2) is 31.6 Å². The number of hydrogen-bond donors (Lipinski definition) is 0. The lowest BCUT2D eigenvalue weighted by atomic mass is 9.74. The topological polar surface area (TPSA) is 12.5 Å². The van der Waals surface area contributed by atoms with E-state index in [0.717, 1.165) is 12.4 Å². The van der Waals surface area contributed by atoms with E-state index in [1.807, 2.05) is 0 Å². The van der Waals surface area contributed by atoms with Crippen LogP contribution < -0.4 is 4.74 Å². The lowest BCUT2D eigenvalue weighted by molar-refractivity contribution is 0.155. The van der Waals surface area contributed by atoms with Crippen molar-refractivity contribution in [1.29, 1.82) is 0 Å². The van der Waals surface area contributed by atoms with E-state index in [0.29, 0.717) is 5.41 Å². The van der Waals surface area contributed by atoms with Crippen molar-refractivity contribution in [1.82, 2.24) is 4.90 Å². The van der Waals surface area contributed by atoms with Gasteiger partial charge in [-0.1, -0.05) is 18.2 Å². The Hall–Kier alpha value is -1.28. The number of likely N-dealkylation sites (tertiary alicyclic amines) is 1. The SMILES string of the molecule is C=C.CN1CCC2(CC1)COc1ccccc12. The van der Waals surface area contributed by atoms with Gasteiger partial charge in [-0.3, -0.25) is 0 Å². The first-order valence-electron chi connectivity index (χ1n) is 6.21. The van der Waals surface area contributed by atoms with E-state index < -0.39 is 0 Å². The van der Waals surface area contributed by atoms with E-state index in [-0.39, 0.29) is 0 Å². The number of ether oxygens (including phenoxy) is 1. The maximum atomic E-state index is 5.81. The van der Waals surface area contributed by atoms with Crippen molar-refractivity contribution >= 4 is 0 Å². The third-order valence-corrected chi connectivity index (χ3v) is 3.91. The number of piperidine rings is 1. The predicted molar refractivity (Wildman–Crippen MR) is 71.6 cm³/mol. The van der Waals surface area contributed by atoms with Gasteiger partial charge in [-0.05, 0) is 39.0 Å². The minimum absolute atomic E-state index is 0.323. The van der Waals surface area contributed by atoms with Crippen LogP contribution in [0.1, 0.15) is 18.4 Å². The molecule has 1 fully saturated rings. The Morgan fingerprint density at radius 2 is 1.82 bits per heavy atom. The lowest BCUT2D eigenvalue weighted by Gasteiger charge is -2.36. The van der Waals surface area contributed by atoms with Crippen molar-refractivity contribution in [2.24, 2.45) is 0 Å². The molecular formula is C15H21NO. The van der Waals surface area contributed by atoms with Gasteiger partial charge in [0.25, 0.3) is 0 Å². The van der Waals surface area contributed by atoms with Crippen LogP contribution in [0.2, 0.25) is 0 Å². The summed E-state index contributed by atoms with van der Waals surface area (Å²) in [6, 6.07) is 8.54. The Morgan fingerprint density at radius 1 is 1.18 bits per heavy atom. The highest BCUT2D eigenvalue weighted by Crippen LogP contribution is 2.44. The zero-order valence-corrected chi connectivity index (χ0v) is 10.6. The van der Waals surface area contributed by atoms with Crippen LogP contribution in [0.4, 0.5) is 0 Å². The summed E-state index contributed by atoms with van der Waals surface area (Å²) in [6.45, 7) is 9.27. The van der Waals surface area contributed by atoms with Gasteiger partial charge in [-0.15, -0.1) is 13.2 Å². The van der Waals surface area contributed by atoms with Crippen LogP contribution in [0.5, 0.6) is 5.75 Å². The molecule has 17 heavy (non-hydrogen) atoms. The second kappa shape index (κ2) is 4.92. The summed E-state index contributed by atoms with van der Waals surface area (Å²) >= 11 is 0. The second-order valence-electron chi connectivity index (χ2n) is 4.87. The molecule has 2 aliphatic rings.